The van der Waals surface area contributed by atoms with Crippen molar-refractivity contribution in [2.24, 2.45) is 5.92 Å². The van der Waals surface area contributed by atoms with Crippen LogP contribution in [0.4, 0.5) is 11.4 Å². The van der Waals surface area contributed by atoms with Crippen LogP contribution in [-0.4, -0.2) is 42.9 Å². The fourth-order valence-electron chi connectivity index (χ4n) is 4.18. The molecule has 2 saturated heterocycles. The molecule has 4 rings (SSSR count). The molecule has 2 amide bonds. The number of amides is 2. The van der Waals surface area contributed by atoms with Crippen LogP contribution in [0.2, 0.25) is 0 Å². The van der Waals surface area contributed by atoms with E-state index in [-0.39, 0.29) is 17.6 Å². The molecule has 154 valence electrons. The Balaban J connectivity index is 1.61. The van der Waals surface area contributed by atoms with Gasteiger partial charge in [0.2, 0.25) is 0 Å². The Morgan fingerprint density at radius 3 is 2.48 bits per heavy atom. The van der Waals surface area contributed by atoms with Crippen LogP contribution in [-0.2, 0) is 0 Å². The monoisotopic (exact) mass is 395 g/mol. The molecule has 6 nitrogen and oxygen atoms in total. The molecule has 0 saturated carbocycles. The number of benzene rings is 1. The zero-order chi connectivity index (χ0) is 20.2. The Kier molecular flexibility index (Phi) is 5.88. The molecular weight excluding hydrogens is 366 g/mol. The average molecular weight is 396 g/mol. The quantitative estimate of drug-likeness (QED) is 0.834. The summed E-state index contributed by atoms with van der Waals surface area (Å²) in [6, 6.07) is 8.98. The van der Waals surface area contributed by atoms with E-state index in [9.17, 15) is 9.59 Å². The Labute approximate surface area is 171 Å². The zero-order valence-corrected chi connectivity index (χ0v) is 17.0. The largest absolute Gasteiger partial charge is 0.459 e. The predicted octanol–water partition coefficient (Wildman–Crippen LogP) is 4.39. The van der Waals surface area contributed by atoms with Crippen LogP contribution in [0.5, 0.6) is 0 Å². The maximum atomic E-state index is 13.4. The summed E-state index contributed by atoms with van der Waals surface area (Å²) in [6.45, 7) is 5.81. The van der Waals surface area contributed by atoms with E-state index in [0.29, 0.717) is 11.3 Å². The molecule has 0 spiro atoms. The molecule has 0 bridgehead atoms. The number of carbonyl (C=O) groups excluding carboxylic acids is 2. The molecule has 1 aromatic heterocycles. The smallest absolute Gasteiger partial charge is 0.291 e. The Hall–Kier alpha value is -2.76. The molecule has 1 aromatic carbocycles. The summed E-state index contributed by atoms with van der Waals surface area (Å²) in [4.78, 5) is 30.0. The third-order valence-electron chi connectivity index (χ3n) is 6.00. The van der Waals surface area contributed by atoms with Crippen LogP contribution >= 0.6 is 0 Å². The van der Waals surface area contributed by atoms with Crippen molar-refractivity contribution in [1.29, 1.82) is 0 Å². The number of likely N-dealkylation sites (tertiary alicyclic amines) is 1. The number of nitrogens with one attached hydrogen (secondary N) is 1. The van der Waals surface area contributed by atoms with E-state index in [1.807, 2.05) is 23.1 Å². The van der Waals surface area contributed by atoms with E-state index >= 15 is 0 Å². The van der Waals surface area contributed by atoms with Crippen LogP contribution in [0.3, 0.4) is 0 Å². The molecule has 0 aliphatic carbocycles. The Morgan fingerprint density at radius 2 is 1.79 bits per heavy atom. The second-order valence-electron chi connectivity index (χ2n) is 8.19. The van der Waals surface area contributed by atoms with Crippen molar-refractivity contribution in [3.63, 3.8) is 0 Å². The highest BCUT2D eigenvalue weighted by molar-refractivity contribution is 6.05. The van der Waals surface area contributed by atoms with Gasteiger partial charge in [-0.25, -0.2) is 0 Å². The lowest BCUT2D eigenvalue weighted by Gasteiger charge is -2.35. The topological polar surface area (TPSA) is 65.8 Å². The van der Waals surface area contributed by atoms with E-state index in [1.165, 1.54) is 12.7 Å². The van der Waals surface area contributed by atoms with Gasteiger partial charge in [-0.15, -0.1) is 0 Å². The molecule has 2 fully saturated rings. The minimum absolute atomic E-state index is 0.0624. The summed E-state index contributed by atoms with van der Waals surface area (Å²) < 4.78 is 5.17. The first kappa shape index (κ1) is 19.6. The molecule has 2 aliphatic heterocycles. The van der Waals surface area contributed by atoms with Gasteiger partial charge >= 0.3 is 0 Å². The first-order valence-electron chi connectivity index (χ1n) is 10.6. The zero-order valence-electron chi connectivity index (χ0n) is 17.0. The number of rotatable bonds is 4. The summed E-state index contributed by atoms with van der Waals surface area (Å²) >= 11 is 0. The van der Waals surface area contributed by atoms with Crippen molar-refractivity contribution in [3.8, 4) is 0 Å². The fourth-order valence-corrected chi connectivity index (χ4v) is 4.18. The summed E-state index contributed by atoms with van der Waals surface area (Å²) in [5.41, 5.74) is 2.27. The van der Waals surface area contributed by atoms with Crippen LogP contribution in [0.25, 0.3) is 0 Å². The third kappa shape index (κ3) is 4.47. The third-order valence-corrected chi connectivity index (χ3v) is 6.00. The average Bonchev–Trinajstić information content (AvgIpc) is 3.30. The van der Waals surface area contributed by atoms with Gasteiger partial charge in [0.1, 0.15) is 0 Å². The van der Waals surface area contributed by atoms with Gasteiger partial charge in [0.15, 0.2) is 5.76 Å². The molecule has 0 radical (unpaired) electrons. The van der Waals surface area contributed by atoms with Gasteiger partial charge < -0.3 is 19.5 Å². The maximum absolute atomic E-state index is 13.4. The molecule has 2 aromatic rings. The molecule has 1 N–H and O–H groups in total. The lowest BCUT2D eigenvalue weighted by atomic mass is 9.97. The van der Waals surface area contributed by atoms with Crippen LogP contribution in [0, 0.1) is 5.92 Å². The standard InChI is InChI=1S/C23H29N3O3/c1-17-9-13-25(14-10-17)20-8-7-18(24-22(27)21-6-5-15-29-21)16-19(20)23(28)26-11-3-2-4-12-26/h5-8,15-17H,2-4,9-14H2,1H3,(H,24,27). The van der Waals surface area contributed by atoms with Gasteiger partial charge in [0.05, 0.1) is 11.8 Å². The molecule has 6 heteroatoms. The Morgan fingerprint density at radius 1 is 1.03 bits per heavy atom. The Bertz CT molecular complexity index is 848. The SMILES string of the molecule is CC1CCN(c2ccc(NC(=O)c3ccco3)cc2C(=O)N2CCCCC2)CC1. The number of carbonyl (C=O) groups is 2. The number of nitrogens with zero attached hydrogens (tertiary/aromatic N) is 2. The number of furan rings is 1. The van der Waals surface area contributed by atoms with Crippen LogP contribution < -0.4 is 10.2 Å². The van der Waals surface area contributed by atoms with Gasteiger partial charge in [0, 0.05) is 37.6 Å². The maximum Gasteiger partial charge on any atom is 0.291 e. The highest BCUT2D eigenvalue weighted by Gasteiger charge is 2.25. The lowest BCUT2D eigenvalue weighted by molar-refractivity contribution is 0.0724. The van der Waals surface area contributed by atoms with E-state index in [1.54, 1.807) is 12.1 Å². The first-order valence-corrected chi connectivity index (χ1v) is 10.6. The highest BCUT2D eigenvalue weighted by Crippen LogP contribution is 2.30. The van der Waals surface area contributed by atoms with Gasteiger partial charge in [-0.05, 0) is 68.4 Å². The molecule has 0 unspecified atom stereocenters. The molecule has 2 aliphatic rings. The van der Waals surface area contributed by atoms with E-state index in [4.69, 9.17) is 4.42 Å². The summed E-state index contributed by atoms with van der Waals surface area (Å²) in [5.74, 6) is 0.723. The number of hydrogen-bond donors (Lipinski definition) is 1. The van der Waals surface area contributed by atoms with Gasteiger partial charge in [-0.3, -0.25) is 9.59 Å². The first-order chi connectivity index (χ1) is 14.1. The fraction of sp³-hybridized carbons (Fsp3) is 0.478. The van der Waals surface area contributed by atoms with E-state index in [0.717, 1.165) is 63.5 Å². The molecule has 0 atom stereocenters. The van der Waals surface area contributed by atoms with E-state index in [2.05, 4.69) is 17.1 Å². The minimum atomic E-state index is -0.314. The van der Waals surface area contributed by atoms with Crippen molar-refractivity contribution >= 4 is 23.2 Å². The summed E-state index contributed by atoms with van der Waals surface area (Å²) in [7, 11) is 0. The number of hydrogen-bond acceptors (Lipinski definition) is 4. The second-order valence-corrected chi connectivity index (χ2v) is 8.19. The molecular formula is C23H29N3O3. The van der Waals surface area contributed by atoms with Crippen molar-refractivity contribution < 1.29 is 14.0 Å². The predicted molar refractivity (Wildman–Crippen MR) is 113 cm³/mol. The van der Waals surface area contributed by atoms with Crippen LogP contribution in [0.1, 0.15) is 59.9 Å². The summed E-state index contributed by atoms with van der Waals surface area (Å²) in [5, 5.41) is 2.86. The number of piperidine rings is 2. The van der Waals surface area contributed by atoms with Crippen molar-refractivity contribution in [3.05, 3.63) is 47.9 Å². The minimum Gasteiger partial charge on any atom is -0.459 e. The second kappa shape index (κ2) is 8.72. The van der Waals surface area contributed by atoms with Gasteiger partial charge in [-0.2, -0.15) is 0 Å². The van der Waals surface area contributed by atoms with E-state index < -0.39 is 0 Å². The highest BCUT2D eigenvalue weighted by atomic mass is 16.3. The molecule has 29 heavy (non-hydrogen) atoms. The summed E-state index contributed by atoms with van der Waals surface area (Å²) in [6.07, 6.45) is 7.03. The van der Waals surface area contributed by atoms with Crippen LogP contribution in [0.15, 0.2) is 41.0 Å². The van der Waals surface area contributed by atoms with Gasteiger partial charge in [-0.1, -0.05) is 6.92 Å². The normalized spacial score (nSPS) is 18.0. The van der Waals surface area contributed by atoms with Crippen molar-refractivity contribution in [2.75, 3.05) is 36.4 Å². The molecule has 3 heterocycles. The van der Waals surface area contributed by atoms with Crippen molar-refractivity contribution in [1.82, 2.24) is 4.90 Å². The number of anilines is 2. The van der Waals surface area contributed by atoms with Crippen molar-refractivity contribution in [2.45, 2.75) is 39.0 Å². The lowest BCUT2D eigenvalue weighted by Crippen LogP contribution is -2.38. The van der Waals surface area contributed by atoms with Gasteiger partial charge in [0.25, 0.3) is 11.8 Å².